The van der Waals surface area contributed by atoms with E-state index in [1.807, 2.05) is 6.07 Å². The summed E-state index contributed by atoms with van der Waals surface area (Å²) in [5, 5.41) is 7.03. The monoisotopic (exact) mass is 124 g/mol. The summed E-state index contributed by atoms with van der Waals surface area (Å²) in [6, 6.07) is 2.36. The van der Waals surface area contributed by atoms with Gasteiger partial charge in [-0.25, -0.2) is 0 Å². The molecule has 0 amide bonds. The van der Waals surface area contributed by atoms with Crippen LogP contribution in [0, 0.1) is 0 Å². The van der Waals surface area contributed by atoms with Gasteiger partial charge in [0.15, 0.2) is 0 Å². The van der Waals surface area contributed by atoms with Gasteiger partial charge in [-0.05, 0) is 13.0 Å². The van der Waals surface area contributed by atoms with Gasteiger partial charge in [0.2, 0.25) is 0 Å². The van der Waals surface area contributed by atoms with Gasteiger partial charge >= 0.3 is 0 Å². The standard InChI is InChI=1S/C6H8N2O/c1-3-7-5(1)6-2-4-9-8-6/h2,4-5,7H,1,3H2. The van der Waals surface area contributed by atoms with Crippen LogP contribution in [0.25, 0.3) is 0 Å². The highest BCUT2D eigenvalue weighted by Gasteiger charge is 2.20. The Morgan fingerprint density at radius 1 is 1.78 bits per heavy atom. The fraction of sp³-hybridized carbons (Fsp3) is 0.500. The summed E-state index contributed by atoms with van der Waals surface area (Å²) in [5.74, 6) is 0. The number of aromatic nitrogens is 1. The van der Waals surface area contributed by atoms with Gasteiger partial charge in [-0.2, -0.15) is 0 Å². The number of nitrogens with zero attached hydrogens (tertiary/aromatic N) is 1. The molecule has 0 saturated carbocycles. The van der Waals surface area contributed by atoms with Crippen LogP contribution >= 0.6 is 0 Å². The van der Waals surface area contributed by atoms with E-state index in [0.29, 0.717) is 6.04 Å². The largest absolute Gasteiger partial charge is 0.364 e. The van der Waals surface area contributed by atoms with Crippen molar-refractivity contribution in [2.45, 2.75) is 12.5 Å². The van der Waals surface area contributed by atoms with Crippen LogP contribution in [0.4, 0.5) is 0 Å². The quantitative estimate of drug-likeness (QED) is 0.599. The Labute approximate surface area is 53.0 Å². The van der Waals surface area contributed by atoms with E-state index in [4.69, 9.17) is 0 Å². The minimum absolute atomic E-state index is 0.462. The molecule has 3 heteroatoms. The van der Waals surface area contributed by atoms with Crippen molar-refractivity contribution < 1.29 is 4.52 Å². The van der Waals surface area contributed by atoms with Gasteiger partial charge in [-0.1, -0.05) is 5.16 Å². The van der Waals surface area contributed by atoms with E-state index in [-0.39, 0.29) is 0 Å². The molecule has 0 aromatic carbocycles. The molecule has 0 spiro atoms. The van der Waals surface area contributed by atoms with Gasteiger partial charge in [0.25, 0.3) is 0 Å². The molecule has 0 bridgehead atoms. The fourth-order valence-electron chi connectivity index (χ4n) is 0.943. The van der Waals surface area contributed by atoms with Crippen LogP contribution in [0.15, 0.2) is 16.9 Å². The molecule has 1 aromatic heterocycles. The van der Waals surface area contributed by atoms with E-state index in [1.165, 1.54) is 6.42 Å². The molecule has 1 atom stereocenters. The van der Waals surface area contributed by atoms with E-state index in [2.05, 4.69) is 15.0 Å². The van der Waals surface area contributed by atoms with Crippen molar-refractivity contribution in [3.63, 3.8) is 0 Å². The molecular weight excluding hydrogens is 116 g/mol. The van der Waals surface area contributed by atoms with Gasteiger partial charge in [-0.15, -0.1) is 0 Å². The Kier molecular flexibility index (Phi) is 1.02. The predicted octanol–water partition coefficient (Wildman–Crippen LogP) is 0.709. The van der Waals surface area contributed by atoms with Crippen molar-refractivity contribution in [1.82, 2.24) is 10.5 Å². The molecule has 3 nitrogen and oxygen atoms in total. The summed E-state index contributed by atoms with van der Waals surface area (Å²) < 4.78 is 4.68. The third-order valence-corrected chi connectivity index (χ3v) is 1.64. The number of nitrogens with one attached hydrogen (secondary N) is 1. The van der Waals surface area contributed by atoms with Gasteiger partial charge in [0, 0.05) is 6.07 Å². The number of rotatable bonds is 1. The molecule has 9 heavy (non-hydrogen) atoms. The Bertz CT molecular complexity index is 179. The molecule has 48 valence electrons. The first-order valence-electron chi connectivity index (χ1n) is 3.10. The summed E-state index contributed by atoms with van der Waals surface area (Å²) in [6.45, 7) is 1.11. The molecule has 1 N–H and O–H groups in total. The second-order valence-electron chi connectivity index (χ2n) is 2.22. The van der Waals surface area contributed by atoms with Crippen LogP contribution in [0.2, 0.25) is 0 Å². The van der Waals surface area contributed by atoms with Crippen LogP contribution in [-0.4, -0.2) is 11.7 Å². The maximum absolute atomic E-state index is 4.68. The highest BCUT2D eigenvalue weighted by Crippen LogP contribution is 2.19. The fourth-order valence-corrected chi connectivity index (χ4v) is 0.943. The summed E-state index contributed by atoms with van der Waals surface area (Å²) >= 11 is 0. The Hall–Kier alpha value is -0.830. The van der Waals surface area contributed by atoms with Crippen molar-refractivity contribution in [2.75, 3.05) is 6.54 Å². The van der Waals surface area contributed by atoms with Crippen molar-refractivity contribution in [1.29, 1.82) is 0 Å². The predicted molar refractivity (Wildman–Crippen MR) is 31.9 cm³/mol. The van der Waals surface area contributed by atoms with Crippen LogP contribution in [0.3, 0.4) is 0 Å². The summed E-state index contributed by atoms with van der Waals surface area (Å²) in [4.78, 5) is 0. The summed E-state index contributed by atoms with van der Waals surface area (Å²) in [5.41, 5.74) is 1.03. The van der Waals surface area contributed by atoms with Crippen molar-refractivity contribution >= 4 is 0 Å². The zero-order valence-electron chi connectivity index (χ0n) is 5.00. The zero-order chi connectivity index (χ0) is 6.10. The second-order valence-corrected chi connectivity index (χ2v) is 2.22. The molecule has 2 rings (SSSR count). The molecule has 0 aliphatic carbocycles. The Morgan fingerprint density at radius 2 is 2.67 bits per heavy atom. The highest BCUT2D eigenvalue weighted by molar-refractivity contribution is 5.05. The lowest BCUT2D eigenvalue weighted by Gasteiger charge is -2.24. The van der Waals surface area contributed by atoms with Crippen LogP contribution in [0.5, 0.6) is 0 Å². The minimum atomic E-state index is 0.462. The third kappa shape index (κ3) is 0.733. The topological polar surface area (TPSA) is 38.1 Å². The molecular formula is C6H8N2O. The van der Waals surface area contributed by atoms with Gasteiger partial charge in [0.1, 0.15) is 12.0 Å². The first kappa shape index (κ1) is 4.99. The van der Waals surface area contributed by atoms with Gasteiger partial charge < -0.3 is 9.84 Å². The SMILES string of the molecule is c1cc(C2CCN2)no1. The summed E-state index contributed by atoms with van der Waals surface area (Å²) in [7, 11) is 0. The molecule has 0 radical (unpaired) electrons. The number of hydrogen-bond donors (Lipinski definition) is 1. The second kappa shape index (κ2) is 1.84. The lowest BCUT2D eigenvalue weighted by atomic mass is 10.0. The van der Waals surface area contributed by atoms with E-state index in [1.54, 1.807) is 6.26 Å². The maximum atomic E-state index is 4.68. The molecule has 1 saturated heterocycles. The van der Waals surface area contributed by atoms with Crippen LogP contribution in [-0.2, 0) is 0 Å². The molecule has 1 fully saturated rings. The lowest BCUT2D eigenvalue weighted by molar-refractivity contribution is 0.342. The van der Waals surface area contributed by atoms with E-state index < -0.39 is 0 Å². The average molecular weight is 124 g/mol. The molecule has 1 aliphatic heterocycles. The lowest BCUT2D eigenvalue weighted by Crippen LogP contribution is -2.35. The Balaban J connectivity index is 2.14. The zero-order valence-corrected chi connectivity index (χ0v) is 5.00. The minimum Gasteiger partial charge on any atom is -0.364 e. The molecule has 1 unspecified atom stereocenters. The molecule has 1 aliphatic rings. The molecule has 2 heterocycles. The van der Waals surface area contributed by atoms with Crippen molar-refractivity contribution in [3.8, 4) is 0 Å². The first-order valence-corrected chi connectivity index (χ1v) is 3.10. The molecule has 1 aromatic rings. The van der Waals surface area contributed by atoms with Crippen LogP contribution in [0.1, 0.15) is 18.2 Å². The van der Waals surface area contributed by atoms with Gasteiger partial charge in [-0.3, -0.25) is 0 Å². The van der Waals surface area contributed by atoms with Crippen molar-refractivity contribution in [2.24, 2.45) is 0 Å². The Morgan fingerprint density at radius 3 is 3.11 bits per heavy atom. The number of hydrogen-bond acceptors (Lipinski definition) is 3. The van der Waals surface area contributed by atoms with E-state index >= 15 is 0 Å². The van der Waals surface area contributed by atoms with Gasteiger partial charge in [0.05, 0.1) is 6.04 Å². The normalized spacial score (nSPS) is 25.6. The van der Waals surface area contributed by atoms with E-state index in [9.17, 15) is 0 Å². The maximum Gasteiger partial charge on any atom is 0.124 e. The highest BCUT2D eigenvalue weighted by atomic mass is 16.5. The van der Waals surface area contributed by atoms with Crippen LogP contribution < -0.4 is 5.32 Å². The average Bonchev–Trinajstić information content (AvgIpc) is 2.11. The third-order valence-electron chi connectivity index (χ3n) is 1.64. The summed E-state index contributed by atoms with van der Waals surface area (Å²) in [6.07, 6.45) is 2.79. The van der Waals surface area contributed by atoms with Crippen molar-refractivity contribution in [3.05, 3.63) is 18.0 Å². The first-order chi connectivity index (χ1) is 4.47. The smallest absolute Gasteiger partial charge is 0.124 e. The van der Waals surface area contributed by atoms with E-state index in [0.717, 1.165) is 12.2 Å².